The molecule has 1 aliphatic rings. The molecular formula is C15H28N2O3. The molecule has 0 radical (unpaired) electrons. The van der Waals surface area contributed by atoms with Crippen molar-refractivity contribution >= 4 is 11.8 Å². The lowest BCUT2D eigenvalue weighted by atomic mass is 9.96. The maximum Gasteiger partial charge on any atom is 0.225 e. The number of amides is 2. The van der Waals surface area contributed by atoms with Gasteiger partial charge >= 0.3 is 0 Å². The third-order valence-electron chi connectivity index (χ3n) is 3.82. The van der Waals surface area contributed by atoms with Gasteiger partial charge in [-0.05, 0) is 19.3 Å². The Labute approximate surface area is 121 Å². The van der Waals surface area contributed by atoms with Crippen LogP contribution in [0.5, 0.6) is 0 Å². The molecule has 0 aromatic rings. The number of aliphatic hydroxyl groups is 1. The first-order chi connectivity index (χ1) is 9.29. The molecule has 5 nitrogen and oxygen atoms in total. The van der Waals surface area contributed by atoms with Crippen LogP contribution in [0, 0.1) is 5.41 Å². The van der Waals surface area contributed by atoms with Crippen LogP contribution in [0.15, 0.2) is 0 Å². The molecule has 1 rings (SSSR count). The minimum Gasteiger partial charge on any atom is -0.394 e. The van der Waals surface area contributed by atoms with Crippen LogP contribution < -0.4 is 10.6 Å². The summed E-state index contributed by atoms with van der Waals surface area (Å²) in [5.41, 5.74) is -0.793. The summed E-state index contributed by atoms with van der Waals surface area (Å²) in [5, 5.41) is 15.2. The SMILES string of the molecule is CC(C)(C)C(=O)NCCCC(=O)NC1(CO)CCCC1. The smallest absolute Gasteiger partial charge is 0.225 e. The molecule has 0 heterocycles. The molecule has 3 N–H and O–H groups in total. The normalized spacial score (nSPS) is 17.8. The average Bonchev–Trinajstić information content (AvgIpc) is 2.82. The molecule has 1 aliphatic carbocycles. The molecule has 5 heteroatoms. The first-order valence-electron chi connectivity index (χ1n) is 7.49. The highest BCUT2D eigenvalue weighted by Crippen LogP contribution is 2.29. The first-order valence-corrected chi connectivity index (χ1v) is 7.49. The number of nitrogens with one attached hydrogen (secondary N) is 2. The Morgan fingerprint density at radius 1 is 1.20 bits per heavy atom. The van der Waals surface area contributed by atoms with Crippen molar-refractivity contribution in [3.63, 3.8) is 0 Å². The van der Waals surface area contributed by atoms with E-state index in [0.29, 0.717) is 19.4 Å². The number of hydrogen-bond donors (Lipinski definition) is 3. The number of rotatable bonds is 6. The van der Waals surface area contributed by atoms with E-state index in [1.807, 2.05) is 20.8 Å². The van der Waals surface area contributed by atoms with Gasteiger partial charge in [0.25, 0.3) is 0 Å². The molecule has 1 saturated carbocycles. The minimum atomic E-state index is -0.397. The van der Waals surface area contributed by atoms with Crippen molar-refractivity contribution < 1.29 is 14.7 Å². The van der Waals surface area contributed by atoms with E-state index < -0.39 is 11.0 Å². The van der Waals surface area contributed by atoms with Gasteiger partial charge in [-0.15, -0.1) is 0 Å². The Kier molecular flexibility index (Phi) is 5.99. The van der Waals surface area contributed by atoms with Gasteiger partial charge in [0.15, 0.2) is 0 Å². The fourth-order valence-corrected chi connectivity index (χ4v) is 2.45. The Balaban J connectivity index is 2.22. The van der Waals surface area contributed by atoms with Gasteiger partial charge in [-0.2, -0.15) is 0 Å². The number of aliphatic hydroxyl groups excluding tert-OH is 1. The standard InChI is InChI=1S/C15H28N2O3/c1-14(2,3)13(20)16-10-6-7-12(19)17-15(11-18)8-4-5-9-15/h18H,4-11H2,1-3H3,(H,16,20)(H,17,19). The predicted molar refractivity (Wildman–Crippen MR) is 78.1 cm³/mol. The van der Waals surface area contributed by atoms with Crippen molar-refractivity contribution in [3.8, 4) is 0 Å². The van der Waals surface area contributed by atoms with Crippen molar-refractivity contribution in [2.75, 3.05) is 13.2 Å². The van der Waals surface area contributed by atoms with Gasteiger partial charge in [0.1, 0.15) is 0 Å². The topological polar surface area (TPSA) is 78.4 Å². The van der Waals surface area contributed by atoms with E-state index in [-0.39, 0.29) is 18.4 Å². The van der Waals surface area contributed by atoms with E-state index in [4.69, 9.17) is 0 Å². The maximum atomic E-state index is 11.9. The van der Waals surface area contributed by atoms with Crippen LogP contribution in [0.25, 0.3) is 0 Å². The molecule has 0 bridgehead atoms. The lowest BCUT2D eigenvalue weighted by molar-refractivity contribution is -0.129. The summed E-state index contributed by atoms with van der Waals surface area (Å²) in [7, 11) is 0. The average molecular weight is 284 g/mol. The Bertz CT molecular complexity index is 342. The zero-order valence-corrected chi connectivity index (χ0v) is 12.9. The predicted octanol–water partition coefficient (Wildman–Crippen LogP) is 1.35. The highest BCUT2D eigenvalue weighted by molar-refractivity contribution is 5.81. The number of carbonyl (C=O) groups excluding carboxylic acids is 2. The van der Waals surface area contributed by atoms with Gasteiger partial charge in [-0.25, -0.2) is 0 Å². The summed E-state index contributed by atoms with van der Waals surface area (Å²) in [6, 6.07) is 0. The molecule has 20 heavy (non-hydrogen) atoms. The highest BCUT2D eigenvalue weighted by atomic mass is 16.3. The molecule has 0 aromatic carbocycles. The molecule has 1 fully saturated rings. The second kappa shape index (κ2) is 7.07. The van der Waals surface area contributed by atoms with Crippen LogP contribution in [0.4, 0.5) is 0 Å². The van der Waals surface area contributed by atoms with Gasteiger partial charge < -0.3 is 15.7 Å². The monoisotopic (exact) mass is 284 g/mol. The second-order valence-electron chi connectivity index (χ2n) is 6.80. The Hall–Kier alpha value is -1.10. The zero-order chi connectivity index (χ0) is 15.2. The van der Waals surface area contributed by atoms with E-state index in [2.05, 4.69) is 10.6 Å². The van der Waals surface area contributed by atoms with Gasteiger partial charge in [0.05, 0.1) is 12.1 Å². The largest absolute Gasteiger partial charge is 0.394 e. The van der Waals surface area contributed by atoms with E-state index >= 15 is 0 Å². The molecule has 0 unspecified atom stereocenters. The third-order valence-corrected chi connectivity index (χ3v) is 3.82. The lowest BCUT2D eigenvalue weighted by Crippen LogP contribution is -2.49. The third kappa shape index (κ3) is 5.12. The molecule has 0 aliphatic heterocycles. The summed E-state index contributed by atoms with van der Waals surface area (Å²) >= 11 is 0. The molecule has 0 spiro atoms. The van der Waals surface area contributed by atoms with Crippen molar-refractivity contribution in [2.45, 2.75) is 64.8 Å². The van der Waals surface area contributed by atoms with E-state index in [9.17, 15) is 14.7 Å². The number of hydrogen-bond acceptors (Lipinski definition) is 3. The summed E-state index contributed by atoms with van der Waals surface area (Å²) in [5.74, 6) is -0.0357. The summed E-state index contributed by atoms with van der Waals surface area (Å²) in [6.07, 6.45) is 4.83. The van der Waals surface area contributed by atoms with Gasteiger partial charge in [-0.1, -0.05) is 33.6 Å². The van der Waals surface area contributed by atoms with E-state index in [0.717, 1.165) is 25.7 Å². The second-order valence-corrected chi connectivity index (χ2v) is 6.80. The maximum absolute atomic E-state index is 11.9. The molecule has 0 atom stereocenters. The molecule has 0 aromatic heterocycles. The minimum absolute atomic E-state index is 0.000490. The summed E-state index contributed by atoms with van der Waals surface area (Å²) in [6.45, 7) is 6.11. The molecular weight excluding hydrogens is 256 g/mol. The molecule has 0 saturated heterocycles. The first kappa shape index (κ1) is 17.0. The summed E-state index contributed by atoms with van der Waals surface area (Å²) < 4.78 is 0. The molecule has 116 valence electrons. The van der Waals surface area contributed by atoms with Crippen LogP contribution in [-0.2, 0) is 9.59 Å². The fourth-order valence-electron chi connectivity index (χ4n) is 2.45. The van der Waals surface area contributed by atoms with E-state index in [1.54, 1.807) is 0 Å². The quantitative estimate of drug-likeness (QED) is 0.644. The van der Waals surface area contributed by atoms with Gasteiger partial charge in [-0.3, -0.25) is 9.59 Å². The van der Waals surface area contributed by atoms with Crippen LogP contribution >= 0.6 is 0 Å². The zero-order valence-electron chi connectivity index (χ0n) is 12.9. The lowest BCUT2D eigenvalue weighted by Gasteiger charge is -2.28. The summed E-state index contributed by atoms with van der Waals surface area (Å²) in [4.78, 5) is 23.5. The fraction of sp³-hybridized carbons (Fsp3) is 0.867. The van der Waals surface area contributed by atoms with Crippen LogP contribution in [0.1, 0.15) is 59.3 Å². The van der Waals surface area contributed by atoms with Crippen LogP contribution in [-0.4, -0.2) is 35.6 Å². The molecule has 2 amide bonds. The van der Waals surface area contributed by atoms with Crippen molar-refractivity contribution in [3.05, 3.63) is 0 Å². The van der Waals surface area contributed by atoms with E-state index in [1.165, 1.54) is 0 Å². The van der Waals surface area contributed by atoms with Crippen LogP contribution in [0.3, 0.4) is 0 Å². The van der Waals surface area contributed by atoms with Crippen molar-refractivity contribution in [2.24, 2.45) is 5.41 Å². The van der Waals surface area contributed by atoms with Gasteiger partial charge in [0, 0.05) is 18.4 Å². The number of carbonyl (C=O) groups is 2. The Morgan fingerprint density at radius 2 is 1.80 bits per heavy atom. The van der Waals surface area contributed by atoms with Gasteiger partial charge in [0.2, 0.25) is 11.8 Å². The Morgan fingerprint density at radius 3 is 2.30 bits per heavy atom. The van der Waals surface area contributed by atoms with Crippen molar-refractivity contribution in [1.82, 2.24) is 10.6 Å². The van der Waals surface area contributed by atoms with Crippen molar-refractivity contribution in [1.29, 1.82) is 0 Å². The highest BCUT2D eigenvalue weighted by Gasteiger charge is 2.34. The van der Waals surface area contributed by atoms with Crippen LogP contribution in [0.2, 0.25) is 0 Å².